The van der Waals surface area contributed by atoms with Gasteiger partial charge in [-0.1, -0.05) is 23.2 Å². The lowest BCUT2D eigenvalue weighted by Gasteiger charge is -2.26. The zero-order valence-electron chi connectivity index (χ0n) is 17.1. The van der Waals surface area contributed by atoms with E-state index in [0.29, 0.717) is 11.3 Å². The van der Waals surface area contributed by atoms with E-state index in [4.69, 9.17) is 28.9 Å². The molecule has 1 aliphatic rings. The fourth-order valence-corrected chi connectivity index (χ4v) is 4.07. The first-order valence-corrected chi connectivity index (χ1v) is 10.5. The number of primary amides is 1. The number of carbonyl (C=O) groups is 2. The van der Waals surface area contributed by atoms with Crippen LogP contribution in [-0.4, -0.2) is 33.2 Å². The molecule has 34 heavy (non-hydrogen) atoms. The molecule has 13 heteroatoms. The number of rotatable bonds is 3. The number of urea groups is 1. The van der Waals surface area contributed by atoms with Crippen LogP contribution >= 0.6 is 23.2 Å². The van der Waals surface area contributed by atoms with Crippen molar-refractivity contribution < 1.29 is 27.2 Å². The van der Waals surface area contributed by atoms with Gasteiger partial charge in [-0.25, -0.2) is 9.18 Å². The maximum atomic E-state index is 13.7. The van der Waals surface area contributed by atoms with Gasteiger partial charge in [-0.2, -0.15) is 18.3 Å². The first-order valence-electron chi connectivity index (χ1n) is 9.73. The Kier molecular flexibility index (Phi) is 6.17. The van der Waals surface area contributed by atoms with Gasteiger partial charge >= 0.3 is 12.2 Å². The summed E-state index contributed by atoms with van der Waals surface area (Å²) in [4.78, 5) is 26.3. The summed E-state index contributed by atoms with van der Waals surface area (Å²) in [6.07, 6.45) is -4.65. The number of fused-ring (bicyclic) bond motifs is 1. The van der Waals surface area contributed by atoms with Crippen LogP contribution in [0.4, 0.5) is 28.0 Å². The van der Waals surface area contributed by atoms with Gasteiger partial charge in [0.15, 0.2) is 0 Å². The molecule has 0 aliphatic carbocycles. The predicted molar refractivity (Wildman–Crippen MR) is 117 cm³/mol. The van der Waals surface area contributed by atoms with Crippen LogP contribution in [0.15, 0.2) is 36.4 Å². The normalized spacial score (nSPS) is 13.5. The van der Waals surface area contributed by atoms with Crippen molar-refractivity contribution in [3.63, 3.8) is 0 Å². The average Bonchev–Trinajstić information content (AvgIpc) is 3.13. The third kappa shape index (κ3) is 4.53. The Morgan fingerprint density at radius 2 is 1.79 bits per heavy atom. The lowest BCUT2D eigenvalue weighted by atomic mass is 10.0. The first kappa shape index (κ1) is 23.8. The largest absolute Gasteiger partial charge is 0.417 e. The second kappa shape index (κ2) is 8.80. The monoisotopic (exact) mass is 515 g/mol. The molecule has 0 unspecified atom stereocenters. The van der Waals surface area contributed by atoms with Crippen LogP contribution in [0, 0.1) is 5.82 Å². The van der Waals surface area contributed by atoms with E-state index in [1.165, 1.54) is 21.7 Å². The van der Waals surface area contributed by atoms with Gasteiger partial charge in [-0.05, 0) is 36.4 Å². The minimum Gasteiger partial charge on any atom is -0.351 e. The molecule has 3 N–H and O–H groups in total. The number of halogens is 6. The summed E-state index contributed by atoms with van der Waals surface area (Å²) in [6, 6.07) is 5.88. The SMILES string of the molecule is NC(=O)N1CCn2nc(-c3ccc(F)c(Cl)c3)c(C(=O)Nc3ccc(C(F)(F)F)c(Cl)c3)c2C1. The fraction of sp³-hybridized carbons (Fsp3) is 0.190. The number of nitrogens with one attached hydrogen (secondary N) is 1. The topological polar surface area (TPSA) is 93.2 Å². The quantitative estimate of drug-likeness (QED) is 0.471. The second-order valence-corrected chi connectivity index (χ2v) is 8.24. The highest BCUT2D eigenvalue weighted by molar-refractivity contribution is 6.32. The van der Waals surface area contributed by atoms with E-state index in [2.05, 4.69) is 10.4 Å². The maximum absolute atomic E-state index is 13.7. The van der Waals surface area contributed by atoms with Gasteiger partial charge in [-0.15, -0.1) is 0 Å². The zero-order chi connectivity index (χ0) is 24.8. The van der Waals surface area contributed by atoms with Crippen LogP contribution in [0.25, 0.3) is 11.3 Å². The third-order valence-electron chi connectivity index (χ3n) is 5.24. The summed E-state index contributed by atoms with van der Waals surface area (Å²) >= 11 is 11.7. The number of nitrogens with zero attached hydrogens (tertiary/aromatic N) is 3. The zero-order valence-corrected chi connectivity index (χ0v) is 18.6. The van der Waals surface area contributed by atoms with E-state index in [1.807, 2.05) is 0 Å². The van der Waals surface area contributed by atoms with Crippen LogP contribution in [0.3, 0.4) is 0 Å². The van der Waals surface area contributed by atoms with Crippen molar-refractivity contribution in [2.45, 2.75) is 19.3 Å². The Morgan fingerprint density at radius 1 is 1.06 bits per heavy atom. The Morgan fingerprint density at radius 3 is 2.41 bits per heavy atom. The van der Waals surface area contributed by atoms with Gasteiger partial charge in [-0.3, -0.25) is 9.48 Å². The van der Waals surface area contributed by atoms with Gasteiger partial charge < -0.3 is 16.0 Å². The van der Waals surface area contributed by atoms with Gasteiger partial charge in [0.2, 0.25) is 0 Å². The van der Waals surface area contributed by atoms with Crippen LogP contribution in [-0.2, 0) is 19.3 Å². The molecule has 0 bridgehead atoms. The minimum atomic E-state index is -4.65. The maximum Gasteiger partial charge on any atom is 0.417 e. The molecule has 0 spiro atoms. The molecule has 0 saturated heterocycles. The van der Waals surface area contributed by atoms with Crippen molar-refractivity contribution in [2.24, 2.45) is 5.73 Å². The Bertz CT molecular complexity index is 1310. The van der Waals surface area contributed by atoms with Gasteiger partial charge in [0, 0.05) is 17.8 Å². The van der Waals surface area contributed by atoms with E-state index in [1.54, 1.807) is 0 Å². The van der Waals surface area contributed by atoms with Crippen molar-refractivity contribution in [2.75, 3.05) is 11.9 Å². The molecule has 0 fully saturated rings. The number of hydrogen-bond acceptors (Lipinski definition) is 3. The Labute approximate surface area is 200 Å². The van der Waals surface area contributed by atoms with Crippen LogP contribution in [0.5, 0.6) is 0 Å². The third-order valence-corrected chi connectivity index (χ3v) is 5.85. The summed E-state index contributed by atoms with van der Waals surface area (Å²) in [5, 5.41) is 6.16. The Hall–Kier alpha value is -3.31. The fourth-order valence-electron chi connectivity index (χ4n) is 3.61. The highest BCUT2D eigenvalue weighted by atomic mass is 35.5. The highest BCUT2D eigenvalue weighted by Gasteiger charge is 2.34. The van der Waals surface area contributed by atoms with Crippen molar-refractivity contribution in [3.8, 4) is 11.3 Å². The predicted octanol–water partition coefficient (Wildman–Crippen LogP) is 5.16. The lowest BCUT2D eigenvalue weighted by Crippen LogP contribution is -2.42. The molecule has 0 radical (unpaired) electrons. The molecule has 4 rings (SSSR count). The molecule has 1 aromatic heterocycles. The average molecular weight is 516 g/mol. The Balaban J connectivity index is 1.77. The molecule has 1 aliphatic heterocycles. The number of carbonyl (C=O) groups excluding carboxylic acids is 2. The van der Waals surface area contributed by atoms with Gasteiger partial charge in [0.25, 0.3) is 5.91 Å². The van der Waals surface area contributed by atoms with Crippen LogP contribution < -0.4 is 11.1 Å². The molecule has 7 nitrogen and oxygen atoms in total. The summed E-state index contributed by atoms with van der Waals surface area (Å²) in [7, 11) is 0. The van der Waals surface area contributed by atoms with Crippen LogP contribution in [0.1, 0.15) is 21.6 Å². The number of nitrogens with two attached hydrogens (primary N) is 1. The number of anilines is 1. The smallest absolute Gasteiger partial charge is 0.351 e. The molecule has 3 aromatic rings. The first-order chi connectivity index (χ1) is 16.0. The lowest BCUT2D eigenvalue weighted by molar-refractivity contribution is -0.137. The minimum absolute atomic E-state index is 0.00797. The van der Waals surface area contributed by atoms with Crippen molar-refractivity contribution in [1.82, 2.24) is 14.7 Å². The highest BCUT2D eigenvalue weighted by Crippen LogP contribution is 2.36. The van der Waals surface area contributed by atoms with Gasteiger partial charge in [0.1, 0.15) is 11.5 Å². The molecule has 3 amide bonds. The van der Waals surface area contributed by atoms with Gasteiger partial charge in [0.05, 0.1) is 40.0 Å². The molecular formula is C21H15Cl2F4N5O2. The molecule has 0 atom stereocenters. The second-order valence-electron chi connectivity index (χ2n) is 7.43. The summed E-state index contributed by atoms with van der Waals surface area (Å²) in [5.41, 5.74) is 5.20. The number of alkyl halides is 3. The van der Waals surface area contributed by atoms with E-state index in [0.717, 1.165) is 24.3 Å². The van der Waals surface area contributed by atoms with Crippen molar-refractivity contribution in [3.05, 3.63) is 69.1 Å². The number of aromatic nitrogens is 2. The van der Waals surface area contributed by atoms with Crippen molar-refractivity contribution in [1.29, 1.82) is 0 Å². The number of amides is 3. The number of hydrogen-bond donors (Lipinski definition) is 2. The summed E-state index contributed by atoms with van der Waals surface area (Å²) < 4.78 is 54.2. The molecule has 178 valence electrons. The number of benzene rings is 2. The van der Waals surface area contributed by atoms with Crippen LogP contribution in [0.2, 0.25) is 10.0 Å². The van der Waals surface area contributed by atoms with E-state index in [-0.39, 0.29) is 41.6 Å². The molecular weight excluding hydrogens is 501 g/mol. The molecule has 2 aromatic carbocycles. The van der Waals surface area contributed by atoms with E-state index >= 15 is 0 Å². The summed E-state index contributed by atoms with van der Waals surface area (Å²) in [5.74, 6) is -1.39. The molecule has 0 saturated carbocycles. The molecule has 2 heterocycles. The standard InChI is InChI=1S/C21H15Cl2F4N5O2/c22-13-8-11(2-3-12(13)21(25,26)27)29-19(33)17-16-9-31(20(28)34)5-6-32(16)30-18(17)10-1-4-15(24)14(23)7-10/h1-4,7-8H,5-6,9H2,(H2,28,34)(H,29,33). The van der Waals surface area contributed by atoms with E-state index in [9.17, 15) is 27.2 Å². The van der Waals surface area contributed by atoms with Crippen molar-refractivity contribution >= 4 is 40.8 Å². The summed E-state index contributed by atoms with van der Waals surface area (Å²) in [6.45, 7) is 0.455. The van der Waals surface area contributed by atoms with E-state index < -0.39 is 34.5 Å².